The maximum atomic E-state index is 6.18. The first kappa shape index (κ1) is 11.4. The van der Waals surface area contributed by atoms with Gasteiger partial charge < -0.3 is 5.73 Å². The van der Waals surface area contributed by atoms with Crippen molar-refractivity contribution in [2.24, 2.45) is 12.8 Å². The lowest BCUT2D eigenvalue weighted by Gasteiger charge is -2.09. The molecule has 2 heterocycles. The monoisotopic (exact) mass is 235 g/mol. The first-order valence-corrected chi connectivity index (χ1v) is 6.32. The average molecular weight is 235 g/mol. The lowest BCUT2D eigenvalue weighted by Crippen LogP contribution is -2.10. The van der Waals surface area contributed by atoms with E-state index < -0.39 is 0 Å². The van der Waals surface area contributed by atoms with Crippen molar-refractivity contribution in [3.63, 3.8) is 0 Å². The molecule has 86 valence electrons. The minimum atomic E-state index is 0.153. The molecule has 4 heteroatoms. The van der Waals surface area contributed by atoms with Crippen LogP contribution in [0.4, 0.5) is 0 Å². The van der Waals surface area contributed by atoms with Crippen LogP contribution in [0.2, 0.25) is 0 Å². The molecule has 1 atom stereocenters. The van der Waals surface area contributed by atoms with Gasteiger partial charge in [-0.25, -0.2) is 0 Å². The fourth-order valence-electron chi connectivity index (χ4n) is 1.82. The van der Waals surface area contributed by atoms with Crippen LogP contribution >= 0.6 is 11.3 Å². The van der Waals surface area contributed by atoms with Gasteiger partial charge in [-0.15, -0.1) is 11.3 Å². The molecule has 0 aliphatic carbocycles. The Labute approximate surface area is 99.9 Å². The van der Waals surface area contributed by atoms with Gasteiger partial charge >= 0.3 is 0 Å². The Kier molecular flexibility index (Phi) is 3.41. The predicted octanol–water partition coefficient (Wildman–Crippen LogP) is 2.42. The summed E-state index contributed by atoms with van der Waals surface area (Å²) >= 11 is 1.75. The third-order valence-electron chi connectivity index (χ3n) is 2.74. The highest BCUT2D eigenvalue weighted by Gasteiger charge is 2.10. The van der Waals surface area contributed by atoms with Gasteiger partial charge in [-0.2, -0.15) is 5.10 Å². The zero-order valence-corrected chi connectivity index (χ0v) is 10.5. The first-order valence-electron chi connectivity index (χ1n) is 5.44. The second kappa shape index (κ2) is 4.80. The molecule has 1 unspecified atom stereocenters. The summed E-state index contributed by atoms with van der Waals surface area (Å²) in [6, 6.07) is 2.28. The summed E-state index contributed by atoms with van der Waals surface area (Å²) in [5.74, 6) is 0. The predicted molar refractivity (Wildman–Crippen MR) is 67.5 cm³/mol. The van der Waals surface area contributed by atoms with Gasteiger partial charge in [0.1, 0.15) is 0 Å². The zero-order chi connectivity index (χ0) is 11.5. The summed E-state index contributed by atoms with van der Waals surface area (Å²) in [7, 11) is 1.94. The van der Waals surface area contributed by atoms with Crippen LogP contribution in [0.5, 0.6) is 0 Å². The molecule has 0 aliphatic heterocycles. The van der Waals surface area contributed by atoms with Crippen molar-refractivity contribution in [3.8, 4) is 0 Å². The molecule has 0 radical (unpaired) electrons. The summed E-state index contributed by atoms with van der Waals surface area (Å²) in [6.07, 6.45) is 5.93. The maximum Gasteiger partial charge on any atom is 0.0521 e. The maximum absolute atomic E-state index is 6.18. The van der Waals surface area contributed by atoms with Crippen molar-refractivity contribution in [2.45, 2.75) is 25.8 Å². The van der Waals surface area contributed by atoms with Crippen molar-refractivity contribution in [1.29, 1.82) is 0 Å². The molecule has 0 saturated heterocycles. The fraction of sp³-hybridized carbons (Fsp3) is 0.417. The topological polar surface area (TPSA) is 43.8 Å². The number of aromatic nitrogens is 2. The van der Waals surface area contributed by atoms with Crippen molar-refractivity contribution >= 4 is 11.3 Å². The number of aryl methyl sites for hydroxylation is 3. The Morgan fingerprint density at radius 3 is 2.94 bits per heavy atom. The molecular formula is C12H17N3S. The largest absolute Gasteiger partial charge is 0.323 e. The molecule has 0 aromatic carbocycles. The Balaban J connectivity index is 1.93. The van der Waals surface area contributed by atoms with Crippen LogP contribution in [0.15, 0.2) is 23.8 Å². The van der Waals surface area contributed by atoms with E-state index in [1.807, 2.05) is 24.1 Å². The van der Waals surface area contributed by atoms with E-state index in [1.54, 1.807) is 11.3 Å². The van der Waals surface area contributed by atoms with Crippen molar-refractivity contribution in [1.82, 2.24) is 9.78 Å². The van der Waals surface area contributed by atoms with Gasteiger partial charge in [-0.05, 0) is 42.3 Å². The number of thiophene rings is 1. The Morgan fingerprint density at radius 2 is 2.38 bits per heavy atom. The van der Waals surface area contributed by atoms with Crippen LogP contribution in [0.1, 0.15) is 28.5 Å². The number of nitrogens with zero attached hydrogens (tertiary/aromatic N) is 2. The Bertz CT molecular complexity index is 458. The molecule has 3 nitrogen and oxygen atoms in total. The summed E-state index contributed by atoms with van der Waals surface area (Å²) in [6.45, 7) is 2.12. The summed E-state index contributed by atoms with van der Waals surface area (Å²) in [4.78, 5) is 1.31. The van der Waals surface area contributed by atoms with Crippen LogP contribution in [0.25, 0.3) is 0 Å². The third kappa shape index (κ3) is 2.51. The fourth-order valence-corrected chi connectivity index (χ4v) is 2.78. The van der Waals surface area contributed by atoms with Crippen molar-refractivity contribution in [3.05, 3.63) is 39.8 Å². The average Bonchev–Trinajstić information content (AvgIpc) is 2.84. The molecule has 16 heavy (non-hydrogen) atoms. The van der Waals surface area contributed by atoms with Crippen LogP contribution < -0.4 is 5.73 Å². The van der Waals surface area contributed by atoms with E-state index in [2.05, 4.69) is 23.5 Å². The number of hydrogen-bond acceptors (Lipinski definition) is 3. The summed E-state index contributed by atoms with van der Waals surface area (Å²) in [5, 5.41) is 6.26. The lowest BCUT2D eigenvalue weighted by molar-refractivity contribution is 0.658. The highest BCUT2D eigenvalue weighted by Crippen LogP contribution is 2.25. The van der Waals surface area contributed by atoms with Crippen LogP contribution in [0.3, 0.4) is 0 Å². The molecule has 2 aromatic rings. The van der Waals surface area contributed by atoms with E-state index >= 15 is 0 Å². The minimum Gasteiger partial charge on any atom is -0.323 e. The number of nitrogens with two attached hydrogens (primary N) is 1. The van der Waals surface area contributed by atoms with E-state index in [4.69, 9.17) is 5.73 Å². The molecule has 0 aliphatic rings. The van der Waals surface area contributed by atoms with E-state index in [-0.39, 0.29) is 6.04 Å². The highest BCUT2D eigenvalue weighted by atomic mass is 32.1. The van der Waals surface area contributed by atoms with Gasteiger partial charge in [0.25, 0.3) is 0 Å². The molecule has 0 fully saturated rings. The van der Waals surface area contributed by atoms with E-state index in [0.717, 1.165) is 12.8 Å². The Hall–Kier alpha value is -1.13. The standard InChI is InChI=1S/C12H17N3S/c1-9-5-6-16-12(9)11(13)4-3-10-7-14-15(2)8-10/h5-8,11H,3-4,13H2,1-2H3. The zero-order valence-electron chi connectivity index (χ0n) is 9.68. The summed E-state index contributed by atoms with van der Waals surface area (Å²) in [5.41, 5.74) is 8.74. The smallest absolute Gasteiger partial charge is 0.0521 e. The quantitative estimate of drug-likeness (QED) is 0.884. The van der Waals surface area contributed by atoms with Gasteiger partial charge in [0, 0.05) is 24.2 Å². The second-order valence-electron chi connectivity index (χ2n) is 4.14. The van der Waals surface area contributed by atoms with Crippen LogP contribution in [-0.4, -0.2) is 9.78 Å². The van der Waals surface area contributed by atoms with Gasteiger partial charge in [0.05, 0.1) is 6.20 Å². The van der Waals surface area contributed by atoms with Gasteiger partial charge in [0.15, 0.2) is 0 Å². The SMILES string of the molecule is Cc1ccsc1C(N)CCc1cnn(C)c1. The molecule has 0 amide bonds. The molecule has 0 saturated carbocycles. The van der Waals surface area contributed by atoms with Crippen molar-refractivity contribution in [2.75, 3.05) is 0 Å². The molecule has 0 bridgehead atoms. The van der Waals surface area contributed by atoms with E-state index in [9.17, 15) is 0 Å². The van der Waals surface area contributed by atoms with Crippen LogP contribution in [-0.2, 0) is 13.5 Å². The first-order chi connectivity index (χ1) is 7.66. The normalized spacial score (nSPS) is 12.9. The van der Waals surface area contributed by atoms with Gasteiger partial charge in [0.2, 0.25) is 0 Å². The number of hydrogen-bond donors (Lipinski definition) is 1. The van der Waals surface area contributed by atoms with Gasteiger partial charge in [-0.1, -0.05) is 0 Å². The highest BCUT2D eigenvalue weighted by molar-refractivity contribution is 7.10. The molecule has 2 N–H and O–H groups in total. The van der Waals surface area contributed by atoms with E-state index in [1.165, 1.54) is 16.0 Å². The lowest BCUT2D eigenvalue weighted by atomic mass is 10.1. The van der Waals surface area contributed by atoms with Crippen LogP contribution in [0, 0.1) is 6.92 Å². The molecule has 0 spiro atoms. The molecule has 2 rings (SSSR count). The van der Waals surface area contributed by atoms with Crippen molar-refractivity contribution < 1.29 is 0 Å². The van der Waals surface area contributed by atoms with E-state index in [0.29, 0.717) is 0 Å². The number of rotatable bonds is 4. The minimum absolute atomic E-state index is 0.153. The summed E-state index contributed by atoms with van der Waals surface area (Å²) < 4.78 is 1.83. The third-order valence-corrected chi connectivity index (χ3v) is 3.89. The second-order valence-corrected chi connectivity index (χ2v) is 5.08. The van der Waals surface area contributed by atoms with Gasteiger partial charge in [-0.3, -0.25) is 4.68 Å². The molecular weight excluding hydrogens is 218 g/mol. The molecule has 2 aromatic heterocycles. The Morgan fingerprint density at radius 1 is 1.56 bits per heavy atom.